The minimum absolute atomic E-state index is 0.598. The molecule has 1 saturated carbocycles. The third kappa shape index (κ3) is 14.8. The van der Waals surface area contributed by atoms with Gasteiger partial charge in [-0.15, -0.1) is 0 Å². The van der Waals surface area contributed by atoms with E-state index in [0.717, 1.165) is 118 Å². The van der Waals surface area contributed by atoms with Gasteiger partial charge in [0.05, 0.1) is 59.8 Å². The highest BCUT2D eigenvalue weighted by Gasteiger charge is 2.26. The maximum Gasteiger partial charge on any atom is 0.131 e. The number of benzene rings is 2. The molecule has 0 spiro atoms. The van der Waals surface area contributed by atoms with Crippen LogP contribution in [-0.4, -0.2) is 142 Å². The lowest BCUT2D eigenvalue weighted by Gasteiger charge is -2.16. The minimum Gasteiger partial charge on any atom is -0.360 e. The van der Waals surface area contributed by atoms with Gasteiger partial charge in [0.15, 0.2) is 0 Å². The van der Waals surface area contributed by atoms with E-state index in [9.17, 15) is 0 Å². The number of aromatic amines is 5. The topological polar surface area (TPSA) is 208 Å². The molecule has 1 aliphatic heterocycles. The Morgan fingerprint density at radius 2 is 1.13 bits per heavy atom. The van der Waals surface area contributed by atoms with Gasteiger partial charge in [-0.2, -0.15) is 20.4 Å². The van der Waals surface area contributed by atoms with Crippen molar-refractivity contribution < 1.29 is 0 Å². The largest absolute Gasteiger partial charge is 0.360 e. The highest BCUT2D eigenvalue weighted by atomic mass is 15.2. The lowest BCUT2D eigenvalue weighted by Crippen LogP contribution is -2.25. The number of allylic oxidation sites excluding steroid dienone is 1. The van der Waals surface area contributed by atoms with Gasteiger partial charge in [0.25, 0.3) is 0 Å². The zero-order valence-corrected chi connectivity index (χ0v) is 45.8. The van der Waals surface area contributed by atoms with Crippen molar-refractivity contribution in [2.45, 2.75) is 97.9 Å². The molecule has 11 rings (SSSR count). The quantitative estimate of drug-likeness (QED) is 0.0399. The molecule has 17 nitrogen and oxygen atoms in total. The summed E-state index contributed by atoms with van der Waals surface area (Å²) < 4.78 is 0. The Hall–Kier alpha value is -7.15. The van der Waals surface area contributed by atoms with Gasteiger partial charge in [0.2, 0.25) is 0 Å². The number of aliphatic imine (C=N–C) groups is 1. The molecule has 0 amide bonds. The lowest BCUT2D eigenvalue weighted by atomic mass is 9.99. The van der Waals surface area contributed by atoms with Gasteiger partial charge in [0.1, 0.15) is 5.82 Å². The van der Waals surface area contributed by atoms with Crippen LogP contribution in [0.3, 0.4) is 0 Å². The summed E-state index contributed by atoms with van der Waals surface area (Å²) in [5.41, 5.74) is 24.6. The summed E-state index contributed by atoms with van der Waals surface area (Å²) in [6, 6.07) is 17.1. The molecule has 0 unspecified atom stereocenters. The molecular formula is C59H79N17. The van der Waals surface area contributed by atoms with Crippen molar-refractivity contribution >= 4 is 12.3 Å². The summed E-state index contributed by atoms with van der Waals surface area (Å²) >= 11 is 0. The zero-order chi connectivity index (χ0) is 53.2. The van der Waals surface area contributed by atoms with Crippen LogP contribution in [0.15, 0.2) is 103 Å². The predicted octanol–water partition coefficient (Wildman–Crippen LogP) is 9.72. The van der Waals surface area contributed by atoms with Crippen LogP contribution in [0.5, 0.6) is 0 Å². The van der Waals surface area contributed by atoms with Crippen molar-refractivity contribution in [3.8, 4) is 45.2 Å². The maximum absolute atomic E-state index is 5.60. The highest BCUT2D eigenvalue weighted by molar-refractivity contribution is 5.93. The van der Waals surface area contributed by atoms with E-state index in [-0.39, 0.29) is 0 Å². The van der Waals surface area contributed by atoms with E-state index in [1.54, 1.807) is 0 Å². The summed E-state index contributed by atoms with van der Waals surface area (Å²) in [6.45, 7) is 15.8. The van der Waals surface area contributed by atoms with Gasteiger partial charge < -0.3 is 30.3 Å². The van der Waals surface area contributed by atoms with E-state index in [1.807, 2.05) is 55.7 Å². The van der Waals surface area contributed by atoms with E-state index in [2.05, 4.69) is 184 Å². The zero-order valence-electron chi connectivity index (χ0n) is 45.8. The van der Waals surface area contributed by atoms with Crippen LogP contribution in [0.1, 0.15) is 109 Å². The van der Waals surface area contributed by atoms with Gasteiger partial charge in [-0.1, -0.05) is 63.3 Å². The second-order valence-electron chi connectivity index (χ2n) is 20.4. The first-order valence-corrected chi connectivity index (χ1v) is 27.1. The van der Waals surface area contributed by atoms with Crippen LogP contribution in [0.2, 0.25) is 0 Å². The molecule has 400 valence electrons. The molecule has 7 heterocycles. The molecule has 0 saturated heterocycles. The summed E-state index contributed by atoms with van der Waals surface area (Å²) in [7, 11) is 8.49. The second kappa shape index (κ2) is 27.6. The smallest absolute Gasteiger partial charge is 0.131 e. The summed E-state index contributed by atoms with van der Waals surface area (Å²) in [4.78, 5) is 25.7. The molecule has 17 heteroatoms. The average molecular weight is 1030 g/mol. The number of nitrogens with zero attached hydrogens (tertiary/aromatic N) is 11. The number of H-pyrrole nitrogens is 5. The number of fused-ring (bicyclic) bond motifs is 2. The van der Waals surface area contributed by atoms with Crippen molar-refractivity contribution in [3.05, 3.63) is 148 Å². The first-order valence-electron chi connectivity index (χ1n) is 27.1. The third-order valence-electron chi connectivity index (χ3n) is 13.7. The molecule has 2 aromatic carbocycles. The molecule has 1 fully saturated rings. The van der Waals surface area contributed by atoms with Crippen molar-refractivity contribution in [1.82, 2.24) is 75.3 Å². The molecule has 2 aliphatic carbocycles. The number of rotatable bonds is 21. The van der Waals surface area contributed by atoms with Gasteiger partial charge in [-0.05, 0) is 121 Å². The van der Waals surface area contributed by atoms with Crippen LogP contribution in [-0.2, 0) is 39.1 Å². The average Bonchev–Trinajstić information content (AvgIpc) is 4.23. The van der Waals surface area contributed by atoms with E-state index >= 15 is 0 Å². The molecule has 0 atom stereocenters. The fourth-order valence-corrected chi connectivity index (χ4v) is 9.80. The molecular weight excluding hydrogens is 947 g/mol. The maximum atomic E-state index is 5.60. The number of hydrogen-bond donors (Lipinski definition) is 6. The van der Waals surface area contributed by atoms with Crippen molar-refractivity contribution in [2.24, 2.45) is 10.7 Å². The van der Waals surface area contributed by atoms with Crippen LogP contribution >= 0.6 is 0 Å². The summed E-state index contributed by atoms with van der Waals surface area (Å²) in [5.74, 6) is 1.58. The fraction of sp³-hybridized carbons (Fsp3) is 0.407. The first kappa shape index (κ1) is 55.1. The normalized spacial score (nSPS) is 13.2. The van der Waals surface area contributed by atoms with Crippen molar-refractivity contribution in [1.29, 1.82) is 0 Å². The van der Waals surface area contributed by atoms with Gasteiger partial charge in [-0.25, -0.2) is 9.97 Å². The Morgan fingerprint density at radius 3 is 1.70 bits per heavy atom. The Morgan fingerprint density at radius 1 is 0.579 bits per heavy atom. The van der Waals surface area contributed by atoms with E-state index in [1.165, 1.54) is 74.9 Å². The number of nitrogens with two attached hydrogens (primary N) is 1. The summed E-state index contributed by atoms with van der Waals surface area (Å²) in [6.07, 6.45) is 26.8. The molecule has 0 bridgehead atoms. The number of nitrogens with one attached hydrogen (secondary N) is 5. The van der Waals surface area contributed by atoms with Crippen molar-refractivity contribution in [3.63, 3.8) is 0 Å². The Labute approximate surface area is 449 Å². The minimum atomic E-state index is 0.598. The standard InChI is InChI=1S/2C16H20N4.C15H21N5.C12H18N4/c1-20(8-7-17)11-15-10-18-19-16(15)14-6-5-12-3-2-4-13(12)9-14;1-3-7-20(2)11-13-9-18-19-16(13)14-6-4-5-12-8-17-10-15(12)14;1-3-6-20(2)10-13-9-18-19-14(13)12-7-16-15(17-8-12)11-4-5-11;1-3-7-16(2)9-10-8-14-15-12(10)11-5-4-6-13-11/h2,4-6,9-10H,3,7-8,11,17H2,1H3,(H,18,19);4-6,9-10H,3,7-8,11H2,1-2H3,(H,18,19);7-9,11H,3-6,10H2,1-2H3,(H,18,19);4-6,8,13H,3,7,9H2,1-2H3,(H,14,15). The molecule has 6 aromatic heterocycles. The monoisotopic (exact) mass is 1030 g/mol. The van der Waals surface area contributed by atoms with Crippen LogP contribution < -0.4 is 5.73 Å². The number of hydrogen-bond acceptors (Lipinski definition) is 12. The third-order valence-corrected chi connectivity index (χ3v) is 13.7. The van der Waals surface area contributed by atoms with E-state index < -0.39 is 0 Å². The van der Waals surface area contributed by atoms with Gasteiger partial charge in [0, 0.05) is 114 Å². The van der Waals surface area contributed by atoms with E-state index in [4.69, 9.17) is 5.73 Å². The van der Waals surface area contributed by atoms with Gasteiger partial charge >= 0.3 is 0 Å². The lowest BCUT2D eigenvalue weighted by molar-refractivity contribution is 0.328. The Kier molecular flexibility index (Phi) is 20.0. The molecule has 76 heavy (non-hydrogen) atoms. The fourth-order valence-electron chi connectivity index (χ4n) is 9.80. The highest BCUT2D eigenvalue weighted by Crippen LogP contribution is 2.38. The molecule has 3 aliphatic rings. The van der Waals surface area contributed by atoms with Gasteiger partial charge in [-0.3, -0.25) is 25.4 Å². The first-order chi connectivity index (χ1) is 37.2. The SMILES string of the molecule is CCCN(C)Cc1cn[nH]c1-c1ccc[nH]1.CCCN(C)Cc1cn[nH]c1-c1cccc2c1C=NC2.CCCN(C)Cc1cn[nH]c1-c1cnc(C2CC2)nc1.CN(CCN)Cc1cn[nH]c1-c1ccc2c(c1)C=CC2. The number of likely N-dealkylation sites (N-methyl/N-ethyl adjacent to an activating group) is 1. The number of aromatic nitrogens is 11. The predicted molar refractivity (Wildman–Crippen MR) is 307 cm³/mol. The van der Waals surface area contributed by atoms with E-state index in [0.29, 0.717) is 12.5 Å². The van der Waals surface area contributed by atoms with Crippen LogP contribution in [0.4, 0.5) is 0 Å². The molecule has 7 N–H and O–H groups in total. The van der Waals surface area contributed by atoms with Crippen LogP contribution in [0.25, 0.3) is 51.2 Å². The summed E-state index contributed by atoms with van der Waals surface area (Å²) in [5, 5.41) is 29.2. The van der Waals surface area contributed by atoms with Crippen LogP contribution in [0, 0.1) is 0 Å². The Bertz CT molecular complexity index is 3040. The van der Waals surface area contributed by atoms with Crippen molar-refractivity contribution in [2.75, 3.05) is 60.9 Å². The second-order valence-corrected chi connectivity index (χ2v) is 20.4. The Balaban J connectivity index is 0.000000135. The molecule has 0 radical (unpaired) electrons. The molecule has 8 aromatic rings.